The van der Waals surface area contributed by atoms with Crippen molar-refractivity contribution in [3.63, 3.8) is 0 Å². The average Bonchev–Trinajstić information content (AvgIpc) is 1.98. The fraction of sp³-hybridized carbons (Fsp3) is 0.857. The highest BCUT2D eigenvalue weighted by atomic mass is 28.4. The Balaban J connectivity index is 4.10. The standard InChI is InChI=1S/C7H14N4OSi/c1-13(2,3)12-7(4-5-8)6-10-11-9/h7H,4,6H2,1-3H3/t7-/m0/s1. The third-order valence-electron chi connectivity index (χ3n) is 1.19. The van der Waals surface area contributed by atoms with Gasteiger partial charge in [0.15, 0.2) is 8.32 Å². The Kier molecular flexibility index (Phi) is 5.15. The number of nitrogens with zero attached hydrogens (tertiary/aromatic N) is 4. The fourth-order valence-corrected chi connectivity index (χ4v) is 2.03. The van der Waals surface area contributed by atoms with Gasteiger partial charge in [0, 0.05) is 4.91 Å². The van der Waals surface area contributed by atoms with E-state index in [0.717, 1.165) is 0 Å². The normalized spacial score (nSPS) is 12.8. The van der Waals surface area contributed by atoms with Gasteiger partial charge in [-0.2, -0.15) is 5.26 Å². The summed E-state index contributed by atoms with van der Waals surface area (Å²) in [5.74, 6) is 0. The van der Waals surface area contributed by atoms with Gasteiger partial charge in [-0.15, -0.1) is 0 Å². The average molecular weight is 198 g/mol. The van der Waals surface area contributed by atoms with Crippen molar-refractivity contribution >= 4 is 8.32 Å². The molecule has 13 heavy (non-hydrogen) atoms. The van der Waals surface area contributed by atoms with Gasteiger partial charge in [0.2, 0.25) is 0 Å². The molecule has 0 saturated heterocycles. The van der Waals surface area contributed by atoms with Crippen LogP contribution in [0.1, 0.15) is 6.42 Å². The molecule has 0 amide bonds. The molecule has 0 saturated carbocycles. The van der Waals surface area contributed by atoms with Crippen LogP contribution in [0, 0.1) is 11.3 Å². The van der Waals surface area contributed by atoms with Crippen molar-refractivity contribution in [2.24, 2.45) is 5.11 Å². The zero-order valence-electron chi connectivity index (χ0n) is 8.19. The third-order valence-corrected chi connectivity index (χ3v) is 2.23. The molecule has 0 aromatic rings. The van der Waals surface area contributed by atoms with Gasteiger partial charge in [0.25, 0.3) is 0 Å². The second-order valence-corrected chi connectivity index (χ2v) is 8.09. The van der Waals surface area contributed by atoms with Crippen LogP contribution in [-0.2, 0) is 4.43 Å². The fourth-order valence-electron chi connectivity index (χ4n) is 0.873. The number of nitriles is 1. The first kappa shape index (κ1) is 12.0. The highest BCUT2D eigenvalue weighted by Crippen LogP contribution is 2.10. The molecule has 0 bridgehead atoms. The summed E-state index contributed by atoms with van der Waals surface area (Å²) in [4.78, 5) is 2.64. The Bertz CT molecular complexity index is 236. The van der Waals surface area contributed by atoms with Crippen molar-refractivity contribution in [2.45, 2.75) is 32.2 Å². The lowest BCUT2D eigenvalue weighted by molar-refractivity contribution is 0.207. The van der Waals surface area contributed by atoms with Crippen LogP contribution in [0.15, 0.2) is 5.11 Å². The van der Waals surface area contributed by atoms with E-state index in [1.54, 1.807) is 0 Å². The van der Waals surface area contributed by atoms with E-state index < -0.39 is 8.32 Å². The maximum Gasteiger partial charge on any atom is 0.184 e. The molecule has 0 rings (SSSR count). The zero-order chi connectivity index (χ0) is 10.3. The number of hydrogen-bond donors (Lipinski definition) is 0. The Labute approximate surface area is 79.1 Å². The molecule has 0 radical (unpaired) electrons. The van der Waals surface area contributed by atoms with Crippen LogP contribution in [-0.4, -0.2) is 21.0 Å². The van der Waals surface area contributed by atoms with Gasteiger partial charge in [0.05, 0.1) is 25.1 Å². The lowest BCUT2D eigenvalue weighted by Crippen LogP contribution is -2.33. The van der Waals surface area contributed by atoms with Crippen LogP contribution in [0.2, 0.25) is 19.6 Å². The maximum absolute atomic E-state index is 8.48. The Morgan fingerprint density at radius 2 is 2.23 bits per heavy atom. The molecule has 0 aliphatic heterocycles. The lowest BCUT2D eigenvalue weighted by Gasteiger charge is -2.23. The summed E-state index contributed by atoms with van der Waals surface area (Å²) in [5.41, 5.74) is 8.11. The number of hydrogen-bond acceptors (Lipinski definition) is 3. The summed E-state index contributed by atoms with van der Waals surface area (Å²) in [6.45, 7) is 6.35. The van der Waals surface area contributed by atoms with E-state index in [-0.39, 0.29) is 19.1 Å². The van der Waals surface area contributed by atoms with Gasteiger partial charge in [-0.25, -0.2) is 0 Å². The van der Waals surface area contributed by atoms with Crippen molar-refractivity contribution in [1.29, 1.82) is 5.26 Å². The molecule has 5 nitrogen and oxygen atoms in total. The quantitative estimate of drug-likeness (QED) is 0.294. The van der Waals surface area contributed by atoms with Gasteiger partial charge in [0.1, 0.15) is 0 Å². The van der Waals surface area contributed by atoms with Crippen molar-refractivity contribution in [1.82, 2.24) is 0 Å². The van der Waals surface area contributed by atoms with Crippen LogP contribution < -0.4 is 0 Å². The zero-order valence-corrected chi connectivity index (χ0v) is 9.19. The van der Waals surface area contributed by atoms with E-state index in [0.29, 0.717) is 0 Å². The Morgan fingerprint density at radius 3 is 2.62 bits per heavy atom. The van der Waals surface area contributed by atoms with E-state index in [1.165, 1.54) is 0 Å². The summed E-state index contributed by atoms with van der Waals surface area (Å²) in [7, 11) is -1.64. The molecule has 0 N–H and O–H groups in total. The van der Waals surface area contributed by atoms with Crippen molar-refractivity contribution in [3.8, 4) is 6.07 Å². The maximum atomic E-state index is 8.48. The minimum Gasteiger partial charge on any atom is -0.414 e. The predicted molar refractivity (Wildman–Crippen MR) is 52.5 cm³/mol. The largest absolute Gasteiger partial charge is 0.414 e. The molecule has 72 valence electrons. The van der Waals surface area contributed by atoms with Crippen LogP contribution in [0.4, 0.5) is 0 Å². The van der Waals surface area contributed by atoms with E-state index in [1.807, 2.05) is 25.7 Å². The van der Waals surface area contributed by atoms with Crippen LogP contribution >= 0.6 is 0 Å². The number of rotatable bonds is 5. The van der Waals surface area contributed by atoms with Gasteiger partial charge < -0.3 is 4.43 Å². The lowest BCUT2D eigenvalue weighted by atomic mass is 10.3. The molecule has 0 aromatic carbocycles. The summed E-state index contributed by atoms with van der Waals surface area (Å²) >= 11 is 0. The molecule has 0 aliphatic rings. The molecular weight excluding hydrogens is 184 g/mol. The van der Waals surface area contributed by atoms with Crippen LogP contribution in [0.25, 0.3) is 10.4 Å². The first-order valence-electron chi connectivity index (χ1n) is 4.05. The molecular formula is C7H14N4OSi. The van der Waals surface area contributed by atoms with Crippen molar-refractivity contribution < 1.29 is 4.43 Å². The minimum atomic E-state index is -1.64. The van der Waals surface area contributed by atoms with Gasteiger partial charge in [-0.05, 0) is 25.2 Å². The second kappa shape index (κ2) is 5.59. The van der Waals surface area contributed by atoms with Crippen molar-refractivity contribution in [3.05, 3.63) is 10.4 Å². The van der Waals surface area contributed by atoms with E-state index in [4.69, 9.17) is 15.2 Å². The number of azide groups is 1. The molecule has 0 aliphatic carbocycles. The molecule has 1 atom stereocenters. The molecule has 0 aromatic heterocycles. The van der Waals surface area contributed by atoms with E-state index in [9.17, 15) is 0 Å². The van der Waals surface area contributed by atoms with E-state index in [2.05, 4.69) is 10.0 Å². The molecule has 0 spiro atoms. The summed E-state index contributed by atoms with van der Waals surface area (Å²) in [6.07, 6.45) is 0.0380. The molecule has 0 unspecified atom stereocenters. The molecule has 0 fully saturated rings. The van der Waals surface area contributed by atoms with E-state index >= 15 is 0 Å². The highest BCUT2D eigenvalue weighted by molar-refractivity contribution is 6.69. The monoisotopic (exact) mass is 198 g/mol. The van der Waals surface area contributed by atoms with Crippen LogP contribution in [0.5, 0.6) is 0 Å². The van der Waals surface area contributed by atoms with Gasteiger partial charge in [-0.3, -0.25) is 0 Å². The van der Waals surface area contributed by atoms with Crippen molar-refractivity contribution in [2.75, 3.05) is 6.54 Å². The summed E-state index contributed by atoms with van der Waals surface area (Å²) in [5, 5.41) is 11.9. The Morgan fingerprint density at radius 1 is 1.62 bits per heavy atom. The predicted octanol–water partition coefficient (Wildman–Crippen LogP) is 2.43. The van der Waals surface area contributed by atoms with Crippen LogP contribution in [0.3, 0.4) is 0 Å². The first-order valence-corrected chi connectivity index (χ1v) is 7.46. The Hall–Kier alpha value is -1.02. The van der Waals surface area contributed by atoms with Gasteiger partial charge >= 0.3 is 0 Å². The summed E-state index contributed by atoms with van der Waals surface area (Å²) < 4.78 is 5.63. The topological polar surface area (TPSA) is 81.8 Å². The van der Waals surface area contributed by atoms with Gasteiger partial charge in [-0.1, -0.05) is 5.11 Å². The second-order valence-electron chi connectivity index (χ2n) is 3.63. The first-order chi connectivity index (χ1) is 5.99. The highest BCUT2D eigenvalue weighted by Gasteiger charge is 2.20. The third kappa shape index (κ3) is 7.34. The SMILES string of the molecule is C[Si](C)(C)O[C@@H](CC#N)CN=[N+]=[N-]. The molecule has 6 heteroatoms. The smallest absolute Gasteiger partial charge is 0.184 e. The summed E-state index contributed by atoms with van der Waals surface area (Å²) in [6, 6.07) is 2.01. The molecule has 0 heterocycles. The minimum absolute atomic E-state index is 0.243.